The summed E-state index contributed by atoms with van der Waals surface area (Å²) in [7, 11) is -0.585. The Morgan fingerprint density at radius 3 is 2.88 bits per heavy atom. The van der Waals surface area contributed by atoms with Gasteiger partial charge in [-0.1, -0.05) is 44.2 Å². The van der Waals surface area contributed by atoms with Gasteiger partial charge in [-0.15, -0.1) is 0 Å². The molecule has 1 amide bonds. The molecular formula is C33H38BNO7. The molecule has 1 aromatic heterocycles. The van der Waals surface area contributed by atoms with Crippen molar-refractivity contribution in [3.8, 4) is 0 Å². The van der Waals surface area contributed by atoms with E-state index in [1.807, 2.05) is 30.3 Å². The van der Waals surface area contributed by atoms with Gasteiger partial charge >= 0.3 is 13.2 Å². The van der Waals surface area contributed by atoms with Crippen molar-refractivity contribution >= 4 is 24.2 Å². The molecule has 1 spiro atoms. The number of rotatable bonds is 6. The minimum atomic E-state index is -0.585. The first-order chi connectivity index (χ1) is 20.2. The molecule has 6 aliphatic rings. The molecular weight excluding hydrogens is 533 g/mol. The van der Waals surface area contributed by atoms with Crippen LogP contribution in [0, 0.1) is 17.3 Å². The zero-order valence-electron chi connectivity index (χ0n) is 24.5. The van der Waals surface area contributed by atoms with Crippen molar-refractivity contribution in [1.29, 1.82) is 0 Å². The average Bonchev–Trinajstić information content (AvgIpc) is 3.77. The molecule has 42 heavy (non-hydrogen) atoms. The summed E-state index contributed by atoms with van der Waals surface area (Å²) < 4.78 is 36.7. The van der Waals surface area contributed by atoms with Gasteiger partial charge in [0, 0.05) is 18.4 Å². The van der Waals surface area contributed by atoms with Gasteiger partial charge in [0.15, 0.2) is 0 Å². The number of nitrogens with one attached hydrogen (secondary N) is 1. The monoisotopic (exact) mass is 571 g/mol. The maximum Gasteiger partial charge on any atom is 0.482 e. The van der Waals surface area contributed by atoms with Crippen molar-refractivity contribution in [2.75, 3.05) is 13.2 Å². The largest absolute Gasteiger partial charge is 0.482 e. The summed E-state index contributed by atoms with van der Waals surface area (Å²) in [5.41, 5.74) is 4.60. The molecule has 220 valence electrons. The Balaban J connectivity index is 0.992. The second-order valence-corrected chi connectivity index (χ2v) is 13.7. The second-order valence-electron chi connectivity index (χ2n) is 13.7. The first-order valence-corrected chi connectivity index (χ1v) is 15.3. The van der Waals surface area contributed by atoms with Crippen LogP contribution in [0.25, 0.3) is 11.0 Å². The minimum Gasteiger partial charge on any atom is -0.464 e. The molecule has 6 atom stereocenters. The summed E-state index contributed by atoms with van der Waals surface area (Å²) in [6, 6.07) is 14.1. The van der Waals surface area contributed by atoms with Gasteiger partial charge in [-0.3, -0.25) is 0 Å². The number of furan rings is 1. The summed E-state index contributed by atoms with van der Waals surface area (Å²) in [5.74, 6) is 0.627. The summed E-state index contributed by atoms with van der Waals surface area (Å²) in [6.07, 6.45) is 4.81. The molecule has 8 nitrogen and oxygen atoms in total. The van der Waals surface area contributed by atoms with E-state index in [2.05, 4.69) is 38.2 Å². The van der Waals surface area contributed by atoms with Gasteiger partial charge in [0.2, 0.25) is 0 Å². The van der Waals surface area contributed by atoms with Gasteiger partial charge in [-0.2, -0.15) is 0 Å². The maximum absolute atomic E-state index is 13.3. The van der Waals surface area contributed by atoms with Gasteiger partial charge < -0.3 is 33.3 Å². The standard InChI is InChI=1S/C33H38BNO7/c1-31(2)23-14-27(31)32(3)28(15-23)41-34(42-32)29(13-21-17-38-26-7-5-4-6-24(21)26)35-30(36)39-16-20-8-9-25-22(12-20)18-40-33(25)10-11-37-19-33/h4-9,12,17,23,27-29H,10-11,13-16,18-19H2,1-3H3,(H,35,36)/t23-,27-,28+,29-,32-,33?/m0/s1. The van der Waals surface area contributed by atoms with E-state index >= 15 is 0 Å². The quantitative estimate of drug-likeness (QED) is 0.381. The van der Waals surface area contributed by atoms with Gasteiger partial charge in [0.05, 0.1) is 37.1 Å². The number of benzene rings is 2. The van der Waals surface area contributed by atoms with Crippen molar-refractivity contribution in [3.05, 3.63) is 71.0 Å². The molecule has 2 aromatic carbocycles. The first-order valence-electron chi connectivity index (χ1n) is 15.3. The van der Waals surface area contributed by atoms with Crippen LogP contribution in [0.15, 0.2) is 53.1 Å². The van der Waals surface area contributed by atoms with Crippen LogP contribution in [0.5, 0.6) is 0 Å². The van der Waals surface area contributed by atoms with E-state index in [1.165, 1.54) is 12.0 Å². The average molecular weight is 571 g/mol. The lowest BCUT2D eigenvalue weighted by Crippen LogP contribution is -2.65. The number of ether oxygens (including phenoxy) is 3. The van der Waals surface area contributed by atoms with Crippen molar-refractivity contribution in [3.63, 3.8) is 0 Å². The fourth-order valence-corrected chi connectivity index (χ4v) is 8.52. The van der Waals surface area contributed by atoms with Crippen LogP contribution in [0.1, 0.15) is 62.3 Å². The fourth-order valence-electron chi connectivity index (χ4n) is 8.52. The molecule has 9 heteroatoms. The number of alkyl carbamates (subject to hydrolysis) is 1. The van der Waals surface area contributed by atoms with E-state index in [1.54, 1.807) is 6.26 Å². The normalized spacial score (nSPS) is 32.9. The number of amides is 1. The van der Waals surface area contributed by atoms with Gasteiger partial charge in [0.25, 0.3) is 0 Å². The fraction of sp³-hybridized carbons (Fsp3) is 0.545. The molecule has 3 aromatic rings. The third-order valence-corrected chi connectivity index (χ3v) is 11.1. The van der Waals surface area contributed by atoms with Gasteiger partial charge in [-0.25, -0.2) is 4.79 Å². The van der Waals surface area contributed by atoms with E-state index in [-0.39, 0.29) is 29.3 Å². The molecule has 3 saturated carbocycles. The van der Waals surface area contributed by atoms with Crippen molar-refractivity contribution in [2.45, 2.75) is 82.9 Å². The molecule has 4 heterocycles. The molecule has 1 unspecified atom stereocenters. The first kappa shape index (κ1) is 26.8. The number of hydrogen-bond acceptors (Lipinski definition) is 7. The molecule has 5 fully saturated rings. The smallest absolute Gasteiger partial charge is 0.464 e. The van der Waals surface area contributed by atoms with Crippen LogP contribution in [-0.2, 0) is 48.8 Å². The Hall–Kier alpha value is -2.85. The minimum absolute atomic E-state index is 0.0166. The van der Waals surface area contributed by atoms with E-state index in [9.17, 15) is 4.79 Å². The van der Waals surface area contributed by atoms with Crippen LogP contribution in [0.2, 0.25) is 0 Å². The summed E-state index contributed by atoms with van der Waals surface area (Å²) in [5, 5.41) is 4.13. The molecule has 1 N–H and O–H groups in total. The number of hydrogen-bond donors (Lipinski definition) is 1. The Kier molecular flexibility index (Phi) is 6.10. The van der Waals surface area contributed by atoms with Gasteiger partial charge in [0.1, 0.15) is 17.8 Å². The molecule has 3 aliphatic carbocycles. The number of carbonyl (C=O) groups excluding carboxylic acids is 1. The van der Waals surface area contributed by atoms with E-state index < -0.39 is 19.2 Å². The van der Waals surface area contributed by atoms with Gasteiger partial charge in [-0.05, 0) is 77.8 Å². The second kappa shape index (κ2) is 9.58. The lowest BCUT2D eigenvalue weighted by Gasteiger charge is -2.64. The third kappa shape index (κ3) is 4.08. The summed E-state index contributed by atoms with van der Waals surface area (Å²) >= 11 is 0. The predicted molar refractivity (Wildman–Crippen MR) is 155 cm³/mol. The molecule has 2 saturated heterocycles. The molecule has 3 aliphatic heterocycles. The van der Waals surface area contributed by atoms with E-state index in [4.69, 9.17) is 27.9 Å². The van der Waals surface area contributed by atoms with Crippen LogP contribution >= 0.6 is 0 Å². The van der Waals surface area contributed by atoms with Crippen molar-refractivity contribution < 1.29 is 32.7 Å². The van der Waals surface area contributed by atoms with Crippen LogP contribution in [-0.4, -0.2) is 44.1 Å². The van der Waals surface area contributed by atoms with E-state index in [0.29, 0.717) is 38.1 Å². The molecule has 2 bridgehead atoms. The highest BCUT2D eigenvalue weighted by molar-refractivity contribution is 6.48. The number of carbonyl (C=O) groups is 1. The zero-order valence-corrected chi connectivity index (χ0v) is 24.5. The maximum atomic E-state index is 13.3. The van der Waals surface area contributed by atoms with E-state index in [0.717, 1.165) is 40.5 Å². The Morgan fingerprint density at radius 2 is 2.05 bits per heavy atom. The Labute approximate surface area is 246 Å². The zero-order chi connectivity index (χ0) is 28.7. The van der Waals surface area contributed by atoms with Crippen molar-refractivity contribution in [1.82, 2.24) is 5.32 Å². The Morgan fingerprint density at radius 1 is 1.17 bits per heavy atom. The van der Waals surface area contributed by atoms with Crippen LogP contribution in [0.4, 0.5) is 4.79 Å². The highest BCUT2D eigenvalue weighted by Crippen LogP contribution is 2.65. The highest BCUT2D eigenvalue weighted by Gasteiger charge is 2.68. The van der Waals surface area contributed by atoms with Crippen LogP contribution in [0.3, 0.4) is 0 Å². The summed E-state index contributed by atoms with van der Waals surface area (Å²) in [6.45, 7) is 8.91. The lowest BCUT2D eigenvalue weighted by atomic mass is 9.43. The van der Waals surface area contributed by atoms with Crippen LogP contribution < -0.4 is 5.32 Å². The predicted octanol–water partition coefficient (Wildman–Crippen LogP) is 5.68. The SMILES string of the molecule is CC1(C)[C@@H]2C[C@H]3OB([C@H](Cc4coc5ccccc45)NC(=O)OCc4ccc5c(c4)COC54CCOC4)O[C@@]3(C)[C@H]1C2. The lowest BCUT2D eigenvalue weighted by molar-refractivity contribution is -0.199. The van der Waals surface area contributed by atoms with Crippen molar-refractivity contribution in [2.24, 2.45) is 17.3 Å². The highest BCUT2D eigenvalue weighted by atomic mass is 16.7. The third-order valence-electron chi connectivity index (χ3n) is 11.1. The molecule has 9 rings (SSSR count). The Bertz CT molecular complexity index is 1530. The number of fused-ring (bicyclic) bond motifs is 3. The number of para-hydroxylation sites is 1. The summed E-state index contributed by atoms with van der Waals surface area (Å²) in [4.78, 5) is 13.3. The topological polar surface area (TPSA) is 88.4 Å². The molecule has 0 radical (unpaired) electrons.